The first kappa shape index (κ1) is 18.5. The van der Waals surface area contributed by atoms with Crippen molar-refractivity contribution in [3.8, 4) is 0 Å². The third kappa shape index (κ3) is 30.9. The van der Waals surface area contributed by atoms with E-state index < -0.39 is 0 Å². The number of hydrogen-bond acceptors (Lipinski definition) is 1. The topological polar surface area (TPSA) is 20.2 Å². The van der Waals surface area contributed by atoms with E-state index in [0.717, 1.165) is 6.26 Å². The zero-order chi connectivity index (χ0) is 11.7. The summed E-state index contributed by atoms with van der Waals surface area (Å²) in [7, 11) is 0. The van der Waals surface area contributed by atoms with Crippen molar-refractivity contribution in [3.05, 3.63) is 48.7 Å². The highest BCUT2D eigenvalue weighted by Gasteiger charge is 1.57. The maximum Gasteiger partial charge on any atom is 0.0748 e. The van der Waals surface area contributed by atoms with Gasteiger partial charge in [-0.25, -0.2) is 0 Å². The Labute approximate surface area is 89.1 Å². The van der Waals surface area contributed by atoms with E-state index in [2.05, 4.69) is 0 Å². The Morgan fingerprint density at radius 1 is 0.714 bits per heavy atom. The van der Waals surface area contributed by atoms with E-state index >= 15 is 0 Å². The van der Waals surface area contributed by atoms with Crippen LogP contribution in [0.5, 0.6) is 0 Å². The zero-order valence-corrected chi connectivity index (χ0v) is 10.1. The van der Waals surface area contributed by atoms with Crippen molar-refractivity contribution < 1.29 is 5.11 Å². The van der Waals surface area contributed by atoms with Crippen molar-refractivity contribution in [3.63, 3.8) is 0 Å². The monoisotopic (exact) mass is 196 g/mol. The molecule has 0 spiro atoms. The molecule has 0 amide bonds. The lowest BCUT2D eigenvalue weighted by molar-refractivity contribution is 0.472. The summed E-state index contributed by atoms with van der Waals surface area (Å²) in [6.45, 7) is 9.75. The van der Waals surface area contributed by atoms with Gasteiger partial charge in [0.2, 0.25) is 0 Å². The van der Waals surface area contributed by atoms with Gasteiger partial charge in [-0.15, -0.1) is 0 Å². The first-order valence-corrected chi connectivity index (χ1v) is 5.17. The summed E-state index contributed by atoms with van der Waals surface area (Å²) >= 11 is 0. The SMILES string of the molecule is CC.CC.CC=CO.c1ccccc1. The molecule has 82 valence electrons. The number of allylic oxidation sites excluding steroid dienone is 1. The second kappa shape index (κ2) is 29.8. The molecular formula is C13H24O. The Hall–Kier alpha value is -1.24. The van der Waals surface area contributed by atoms with E-state index in [1.54, 1.807) is 13.0 Å². The summed E-state index contributed by atoms with van der Waals surface area (Å²) in [6, 6.07) is 12.0. The van der Waals surface area contributed by atoms with Gasteiger partial charge in [-0.1, -0.05) is 70.2 Å². The molecule has 0 aliphatic heterocycles. The summed E-state index contributed by atoms with van der Waals surface area (Å²) in [6.07, 6.45) is 2.56. The molecule has 1 aromatic carbocycles. The summed E-state index contributed by atoms with van der Waals surface area (Å²) in [4.78, 5) is 0. The van der Waals surface area contributed by atoms with Crippen LogP contribution in [0.15, 0.2) is 48.7 Å². The normalized spacial score (nSPS) is 6.93. The van der Waals surface area contributed by atoms with Gasteiger partial charge in [-0.05, 0) is 6.92 Å². The van der Waals surface area contributed by atoms with Crippen LogP contribution in [-0.4, -0.2) is 5.11 Å². The van der Waals surface area contributed by atoms with E-state index in [1.165, 1.54) is 0 Å². The van der Waals surface area contributed by atoms with E-state index in [-0.39, 0.29) is 0 Å². The average Bonchev–Trinajstić information content (AvgIpc) is 2.36. The minimum Gasteiger partial charge on any atom is -0.516 e. The van der Waals surface area contributed by atoms with E-state index in [1.807, 2.05) is 64.1 Å². The van der Waals surface area contributed by atoms with Gasteiger partial charge in [-0.2, -0.15) is 0 Å². The van der Waals surface area contributed by atoms with E-state index in [9.17, 15) is 0 Å². The molecule has 1 aromatic rings. The van der Waals surface area contributed by atoms with Crippen LogP contribution in [0.25, 0.3) is 0 Å². The molecule has 0 atom stereocenters. The summed E-state index contributed by atoms with van der Waals surface area (Å²) < 4.78 is 0. The second-order valence-electron chi connectivity index (χ2n) is 1.64. The van der Waals surface area contributed by atoms with Crippen molar-refractivity contribution in [1.29, 1.82) is 0 Å². The summed E-state index contributed by atoms with van der Waals surface area (Å²) in [5, 5.41) is 7.69. The number of benzene rings is 1. The van der Waals surface area contributed by atoms with E-state index in [4.69, 9.17) is 5.11 Å². The Morgan fingerprint density at radius 2 is 0.857 bits per heavy atom. The molecule has 1 rings (SSSR count). The maximum absolute atomic E-state index is 7.69. The minimum absolute atomic E-state index is 1.00. The van der Waals surface area contributed by atoms with Gasteiger partial charge in [0, 0.05) is 0 Å². The van der Waals surface area contributed by atoms with Gasteiger partial charge >= 0.3 is 0 Å². The number of aliphatic hydroxyl groups is 1. The minimum atomic E-state index is 1.00. The van der Waals surface area contributed by atoms with Gasteiger partial charge in [-0.3, -0.25) is 0 Å². The van der Waals surface area contributed by atoms with Crippen molar-refractivity contribution in [2.75, 3.05) is 0 Å². The third-order valence-electron chi connectivity index (χ3n) is 0.816. The standard InChI is InChI=1S/C6H6.C3H6O.2C2H6/c1-2-4-6-5-3-1;1-2-3-4;2*1-2/h1-6H;2-4H,1H3;2*1-2H3. The van der Waals surface area contributed by atoms with E-state index in [0.29, 0.717) is 0 Å². The van der Waals surface area contributed by atoms with Crippen LogP contribution in [0.1, 0.15) is 34.6 Å². The largest absolute Gasteiger partial charge is 0.516 e. The lowest BCUT2D eigenvalue weighted by atomic mass is 10.4. The molecule has 0 unspecified atom stereocenters. The molecule has 1 heteroatoms. The fourth-order valence-electron chi connectivity index (χ4n) is 0.385. The number of hydrogen-bond donors (Lipinski definition) is 1. The highest BCUT2D eigenvalue weighted by molar-refractivity contribution is 4.99. The van der Waals surface area contributed by atoms with Crippen LogP contribution in [0.2, 0.25) is 0 Å². The Morgan fingerprint density at radius 3 is 0.929 bits per heavy atom. The van der Waals surface area contributed by atoms with Gasteiger partial charge in [0.05, 0.1) is 6.26 Å². The molecule has 0 saturated heterocycles. The summed E-state index contributed by atoms with van der Waals surface area (Å²) in [5.74, 6) is 0. The van der Waals surface area contributed by atoms with Gasteiger partial charge in [0.1, 0.15) is 0 Å². The molecule has 1 nitrogen and oxygen atoms in total. The second-order valence-corrected chi connectivity index (χ2v) is 1.64. The Balaban J connectivity index is -0.000000134. The molecule has 1 N–H and O–H groups in total. The van der Waals surface area contributed by atoms with Crippen LogP contribution in [-0.2, 0) is 0 Å². The molecule has 14 heavy (non-hydrogen) atoms. The first-order valence-electron chi connectivity index (χ1n) is 5.17. The molecule has 0 bridgehead atoms. The van der Waals surface area contributed by atoms with Crippen LogP contribution < -0.4 is 0 Å². The molecule has 0 aliphatic carbocycles. The average molecular weight is 196 g/mol. The third-order valence-corrected chi connectivity index (χ3v) is 0.816. The number of rotatable bonds is 0. The zero-order valence-electron chi connectivity index (χ0n) is 10.1. The Kier molecular flexibility index (Phi) is 39.4. The molecule has 0 heterocycles. The maximum atomic E-state index is 7.69. The number of aliphatic hydroxyl groups excluding tert-OH is 1. The van der Waals surface area contributed by atoms with Crippen LogP contribution in [0, 0.1) is 0 Å². The molecule has 0 aromatic heterocycles. The highest BCUT2D eigenvalue weighted by atomic mass is 16.2. The lowest BCUT2D eigenvalue weighted by Crippen LogP contribution is -1.47. The Bertz CT molecular complexity index is 125. The summed E-state index contributed by atoms with van der Waals surface area (Å²) in [5.41, 5.74) is 0. The van der Waals surface area contributed by atoms with Gasteiger partial charge in [0.25, 0.3) is 0 Å². The fraction of sp³-hybridized carbons (Fsp3) is 0.385. The van der Waals surface area contributed by atoms with Gasteiger partial charge < -0.3 is 5.11 Å². The first-order chi connectivity index (χ1) is 6.91. The van der Waals surface area contributed by atoms with Crippen molar-refractivity contribution >= 4 is 0 Å². The molecule has 0 aliphatic rings. The van der Waals surface area contributed by atoms with Crippen molar-refractivity contribution in [1.82, 2.24) is 0 Å². The van der Waals surface area contributed by atoms with Gasteiger partial charge in [0.15, 0.2) is 0 Å². The van der Waals surface area contributed by atoms with Crippen LogP contribution in [0.3, 0.4) is 0 Å². The molecular weight excluding hydrogens is 172 g/mol. The van der Waals surface area contributed by atoms with Crippen LogP contribution in [0.4, 0.5) is 0 Å². The lowest BCUT2D eigenvalue weighted by Gasteiger charge is -1.69. The molecule has 0 fully saturated rings. The van der Waals surface area contributed by atoms with Crippen molar-refractivity contribution in [2.45, 2.75) is 34.6 Å². The molecule has 0 saturated carbocycles. The highest BCUT2D eigenvalue weighted by Crippen LogP contribution is 1.79. The molecule has 0 radical (unpaired) electrons. The van der Waals surface area contributed by atoms with Crippen molar-refractivity contribution in [2.24, 2.45) is 0 Å². The smallest absolute Gasteiger partial charge is 0.0748 e. The quantitative estimate of drug-likeness (QED) is 0.590. The predicted molar refractivity (Wildman–Crippen MR) is 66.6 cm³/mol. The van der Waals surface area contributed by atoms with Crippen LogP contribution >= 0.6 is 0 Å². The predicted octanol–water partition coefficient (Wildman–Crippen LogP) is 4.82. The fourth-order valence-corrected chi connectivity index (χ4v) is 0.385.